The van der Waals surface area contributed by atoms with Crippen LogP contribution in [0.4, 0.5) is 13.2 Å². The van der Waals surface area contributed by atoms with Gasteiger partial charge in [-0.1, -0.05) is 18.2 Å². The second-order valence-electron chi connectivity index (χ2n) is 6.23. The molecule has 2 aromatic carbocycles. The van der Waals surface area contributed by atoms with E-state index in [1.165, 1.54) is 24.3 Å². The minimum atomic E-state index is -0.850. The summed E-state index contributed by atoms with van der Waals surface area (Å²) < 4.78 is 46.0. The van der Waals surface area contributed by atoms with Crippen LogP contribution < -0.4 is 10.1 Å². The molecule has 1 aliphatic carbocycles. The van der Waals surface area contributed by atoms with Gasteiger partial charge in [-0.15, -0.1) is 0 Å². The summed E-state index contributed by atoms with van der Waals surface area (Å²) in [5.41, 5.74) is 0.325. The molecule has 3 atom stereocenters. The predicted octanol–water partition coefficient (Wildman–Crippen LogP) is 3.55. The molecule has 3 rings (SSSR count). The maximum Gasteiger partial charge on any atom is 0.165 e. The molecule has 0 unspecified atom stereocenters. The standard InChI is InChI=1S/C19H20F3NO2/c20-13-9-8-12(15(22)10-13)11-23-16-5-3-7-18(19(16)24)25-17-6-2-1-4-14(17)21/h1-2,4,6,8-10,16,18-19,23-24H,3,5,7,11H2/t16-,18+,19+/m0/s1. The average Bonchev–Trinajstić information content (AvgIpc) is 2.59. The van der Waals surface area contributed by atoms with E-state index in [4.69, 9.17) is 4.74 Å². The Morgan fingerprint density at radius 1 is 1.04 bits per heavy atom. The third-order valence-electron chi connectivity index (χ3n) is 4.48. The summed E-state index contributed by atoms with van der Waals surface area (Å²) in [5, 5.41) is 13.6. The number of aliphatic hydroxyl groups excluding tert-OH is 1. The maximum absolute atomic E-state index is 13.7. The summed E-state index contributed by atoms with van der Waals surface area (Å²) in [5.74, 6) is -1.62. The highest BCUT2D eigenvalue weighted by Crippen LogP contribution is 2.26. The van der Waals surface area contributed by atoms with E-state index in [9.17, 15) is 18.3 Å². The van der Waals surface area contributed by atoms with E-state index in [0.717, 1.165) is 12.5 Å². The molecular formula is C19H20F3NO2. The zero-order valence-corrected chi connectivity index (χ0v) is 13.6. The third-order valence-corrected chi connectivity index (χ3v) is 4.48. The van der Waals surface area contributed by atoms with E-state index >= 15 is 0 Å². The molecule has 3 nitrogen and oxygen atoms in total. The van der Waals surface area contributed by atoms with Gasteiger partial charge in [0.15, 0.2) is 11.6 Å². The topological polar surface area (TPSA) is 41.5 Å². The molecule has 0 aliphatic heterocycles. The molecule has 0 spiro atoms. The van der Waals surface area contributed by atoms with Crippen molar-refractivity contribution in [3.8, 4) is 5.75 Å². The summed E-state index contributed by atoms with van der Waals surface area (Å²) in [6.07, 6.45) is 0.706. The molecule has 1 aliphatic rings. The van der Waals surface area contributed by atoms with Crippen LogP contribution in [0.5, 0.6) is 5.75 Å². The van der Waals surface area contributed by atoms with Crippen molar-refractivity contribution in [3.05, 3.63) is 65.5 Å². The summed E-state index contributed by atoms with van der Waals surface area (Å²) in [7, 11) is 0. The molecule has 0 bridgehead atoms. The van der Waals surface area contributed by atoms with Gasteiger partial charge in [-0.05, 0) is 37.5 Å². The average molecular weight is 351 g/mol. The van der Waals surface area contributed by atoms with Crippen molar-refractivity contribution < 1.29 is 23.0 Å². The molecule has 1 fully saturated rings. The lowest BCUT2D eigenvalue weighted by molar-refractivity contribution is -0.0173. The molecule has 2 N–H and O–H groups in total. The summed E-state index contributed by atoms with van der Waals surface area (Å²) in [4.78, 5) is 0. The number of rotatable bonds is 5. The highest BCUT2D eigenvalue weighted by molar-refractivity contribution is 5.24. The van der Waals surface area contributed by atoms with Gasteiger partial charge in [-0.3, -0.25) is 0 Å². The van der Waals surface area contributed by atoms with Gasteiger partial charge in [0, 0.05) is 24.2 Å². The van der Waals surface area contributed by atoms with E-state index in [0.29, 0.717) is 18.4 Å². The molecule has 0 amide bonds. The number of aliphatic hydroxyl groups is 1. The van der Waals surface area contributed by atoms with Crippen LogP contribution in [-0.4, -0.2) is 23.4 Å². The van der Waals surface area contributed by atoms with Crippen molar-refractivity contribution >= 4 is 0 Å². The quantitative estimate of drug-likeness (QED) is 0.866. The van der Waals surface area contributed by atoms with Gasteiger partial charge in [-0.25, -0.2) is 13.2 Å². The van der Waals surface area contributed by atoms with Gasteiger partial charge >= 0.3 is 0 Å². The Kier molecular flexibility index (Phi) is 5.60. The number of nitrogens with one attached hydrogen (secondary N) is 1. The fraction of sp³-hybridized carbons (Fsp3) is 0.368. The SMILES string of the molecule is O[C@@H]1[C@@H](NCc2ccc(F)cc2F)CCC[C@H]1Oc1ccccc1F. The molecule has 134 valence electrons. The molecule has 0 radical (unpaired) electrons. The second-order valence-corrected chi connectivity index (χ2v) is 6.23. The molecule has 1 saturated carbocycles. The fourth-order valence-corrected chi connectivity index (χ4v) is 3.10. The van der Waals surface area contributed by atoms with Crippen LogP contribution in [0, 0.1) is 17.5 Å². The first-order valence-electron chi connectivity index (χ1n) is 8.31. The van der Waals surface area contributed by atoms with Gasteiger partial charge in [0.25, 0.3) is 0 Å². The Hall–Kier alpha value is -2.05. The van der Waals surface area contributed by atoms with Crippen LogP contribution in [0.15, 0.2) is 42.5 Å². The fourth-order valence-electron chi connectivity index (χ4n) is 3.10. The Balaban J connectivity index is 1.62. The number of benzene rings is 2. The smallest absolute Gasteiger partial charge is 0.165 e. The zero-order chi connectivity index (χ0) is 17.8. The normalized spacial score (nSPS) is 23.4. The van der Waals surface area contributed by atoms with Crippen molar-refractivity contribution in [2.75, 3.05) is 0 Å². The molecular weight excluding hydrogens is 331 g/mol. The van der Waals surface area contributed by atoms with Crippen molar-refractivity contribution in [1.29, 1.82) is 0 Å². The summed E-state index contributed by atoms with van der Waals surface area (Å²) in [6.45, 7) is 0.167. The monoisotopic (exact) mass is 351 g/mol. The van der Waals surface area contributed by atoms with Crippen molar-refractivity contribution in [3.63, 3.8) is 0 Å². The van der Waals surface area contributed by atoms with Crippen molar-refractivity contribution in [2.24, 2.45) is 0 Å². The van der Waals surface area contributed by atoms with Crippen LogP contribution in [0.1, 0.15) is 24.8 Å². The molecule has 2 aromatic rings. The van der Waals surface area contributed by atoms with Gasteiger partial charge < -0.3 is 15.2 Å². The van der Waals surface area contributed by atoms with Gasteiger partial charge in [0.1, 0.15) is 23.8 Å². The lowest BCUT2D eigenvalue weighted by Gasteiger charge is -2.35. The highest BCUT2D eigenvalue weighted by Gasteiger charge is 2.33. The maximum atomic E-state index is 13.7. The summed E-state index contributed by atoms with van der Waals surface area (Å²) >= 11 is 0. The first-order valence-corrected chi connectivity index (χ1v) is 8.31. The predicted molar refractivity (Wildman–Crippen MR) is 87.7 cm³/mol. The third kappa shape index (κ3) is 4.32. The number of hydrogen-bond donors (Lipinski definition) is 2. The molecule has 0 aromatic heterocycles. The lowest BCUT2D eigenvalue weighted by Crippen LogP contribution is -2.51. The number of halogens is 3. The van der Waals surface area contributed by atoms with Gasteiger partial charge in [-0.2, -0.15) is 0 Å². The van der Waals surface area contributed by atoms with E-state index in [1.54, 1.807) is 12.1 Å². The van der Waals surface area contributed by atoms with Crippen LogP contribution in [0.25, 0.3) is 0 Å². The van der Waals surface area contributed by atoms with Crippen molar-refractivity contribution in [1.82, 2.24) is 5.32 Å². The van der Waals surface area contributed by atoms with Crippen LogP contribution in [0.2, 0.25) is 0 Å². The number of ether oxygens (including phenoxy) is 1. The molecule has 25 heavy (non-hydrogen) atoms. The number of hydrogen-bond acceptors (Lipinski definition) is 3. The minimum absolute atomic E-state index is 0.108. The van der Waals surface area contributed by atoms with Crippen LogP contribution >= 0.6 is 0 Å². The minimum Gasteiger partial charge on any atom is -0.485 e. The lowest BCUT2D eigenvalue weighted by atomic mass is 9.89. The first kappa shape index (κ1) is 17.8. The van der Waals surface area contributed by atoms with Crippen LogP contribution in [-0.2, 0) is 6.54 Å². The molecule has 6 heteroatoms. The molecule has 0 saturated heterocycles. The summed E-state index contributed by atoms with van der Waals surface area (Å²) in [6, 6.07) is 9.15. The van der Waals surface area contributed by atoms with Crippen LogP contribution in [0.3, 0.4) is 0 Å². The van der Waals surface area contributed by atoms with Gasteiger partial charge in [0.2, 0.25) is 0 Å². The van der Waals surface area contributed by atoms with E-state index in [2.05, 4.69) is 5.32 Å². The second kappa shape index (κ2) is 7.89. The Labute approximate surface area is 144 Å². The Morgan fingerprint density at radius 3 is 2.60 bits per heavy atom. The molecule has 0 heterocycles. The number of para-hydroxylation sites is 1. The highest BCUT2D eigenvalue weighted by atomic mass is 19.1. The van der Waals surface area contributed by atoms with E-state index < -0.39 is 29.7 Å². The Morgan fingerprint density at radius 2 is 1.84 bits per heavy atom. The van der Waals surface area contributed by atoms with E-state index in [-0.39, 0.29) is 18.3 Å². The van der Waals surface area contributed by atoms with Crippen molar-refractivity contribution in [2.45, 2.75) is 44.1 Å². The first-order chi connectivity index (χ1) is 12.0. The Bertz CT molecular complexity index is 726. The van der Waals surface area contributed by atoms with E-state index in [1.807, 2.05) is 0 Å². The zero-order valence-electron chi connectivity index (χ0n) is 13.6. The largest absolute Gasteiger partial charge is 0.485 e. The van der Waals surface area contributed by atoms with Gasteiger partial charge in [0.05, 0.1) is 0 Å².